The highest BCUT2D eigenvalue weighted by molar-refractivity contribution is 5.82. The van der Waals surface area contributed by atoms with Gasteiger partial charge in [0.1, 0.15) is 6.33 Å². The number of rotatable bonds is 3. The number of pyridine rings is 1. The Morgan fingerprint density at radius 3 is 2.81 bits per heavy atom. The summed E-state index contributed by atoms with van der Waals surface area (Å²) in [7, 11) is 0. The fraction of sp³-hybridized carbons (Fsp3) is 0.0667. The van der Waals surface area contributed by atoms with Crippen molar-refractivity contribution in [1.29, 1.82) is 0 Å². The third-order valence-electron chi connectivity index (χ3n) is 3.34. The maximum Gasteiger partial charge on any atom is 0.203 e. The summed E-state index contributed by atoms with van der Waals surface area (Å²) in [6.07, 6.45) is 5.26. The van der Waals surface area contributed by atoms with Crippen LogP contribution in [-0.2, 0) is 6.54 Å². The number of aromatic nitrogens is 5. The highest BCUT2D eigenvalue weighted by Crippen LogP contribution is 2.20. The van der Waals surface area contributed by atoms with E-state index < -0.39 is 0 Å². The second-order valence-electron chi connectivity index (χ2n) is 4.68. The van der Waals surface area contributed by atoms with Crippen molar-refractivity contribution in [2.75, 3.05) is 5.32 Å². The molecular weight excluding hydrogens is 264 g/mol. The van der Waals surface area contributed by atoms with Crippen molar-refractivity contribution >= 4 is 22.5 Å². The SMILES string of the molecule is c1ccc2c(c1)nc(NCc1ccncc1)c1nncn12. The largest absolute Gasteiger partial charge is 0.363 e. The Kier molecular flexibility index (Phi) is 2.71. The standard InChI is InChI=1S/C15H12N6/c1-2-4-13-12(3-1)19-14(15-20-18-10-21(13)15)17-9-11-5-7-16-8-6-11/h1-8,10H,9H2,(H,17,19). The molecule has 102 valence electrons. The average molecular weight is 276 g/mol. The number of para-hydroxylation sites is 2. The van der Waals surface area contributed by atoms with E-state index in [0.717, 1.165) is 28.1 Å². The number of hydrogen-bond donors (Lipinski definition) is 1. The lowest BCUT2D eigenvalue weighted by atomic mass is 10.2. The molecule has 21 heavy (non-hydrogen) atoms. The smallest absolute Gasteiger partial charge is 0.203 e. The van der Waals surface area contributed by atoms with E-state index in [1.807, 2.05) is 40.8 Å². The molecule has 1 aromatic carbocycles. The minimum Gasteiger partial charge on any atom is -0.363 e. The summed E-state index contributed by atoms with van der Waals surface area (Å²) in [5, 5.41) is 11.5. The normalized spacial score (nSPS) is 11.0. The minimum absolute atomic E-state index is 0.663. The van der Waals surface area contributed by atoms with E-state index in [0.29, 0.717) is 6.54 Å². The predicted molar refractivity (Wildman–Crippen MR) is 79.9 cm³/mol. The molecule has 0 saturated heterocycles. The average Bonchev–Trinajstić information content (AvgIpc) is 3.04. The van der Waals surface area contributed by atoms with Crippen LogP contribution in [0.25, 0.3) is 16.7 Å². The molecule has 3 heterocycles. The van der Waals surface area contributed by atoms with Crippen LogP contribution in [0.5, 0.6) is 0 Å². The highest BCUT2D eigenvalue weighted by Gasteiger charge is 2.09. The first-order chi connectivity index (χ1) is 10.4. The molecule has 6 heteroatoms. The van der Waals surface area contributed by atoms with E-state index in [2.05, 4.69) is 25.5 Å². The maximum absolute atomic E-state index is 4.64. The van der Waals surface area contributed by atoms with Crippen LogP contribution in [0.3, 0.4) is 0 Å². The fourth-order valence-corrected chi connectivity index (χ4v) is 2.31. The number of benzene rings is 1. The number of anilines is 1. The van der Waals surface area contributed by atoms with Crippen molar-refractivity contribution in [2.24, 2.45) is 0 Å². The Labute approximate surface area is 120 Å². The molecule has 0 unspecified atom stereocenters. The molecule has 1 N–H and O–H groups in total. The van der Waals surface area contributed by atoms with Crippen LogP contribution < -0.4 is 5.32 Å². The van der Waals surface area contributed by atoms with Crippen molar-refractivity contribution in [3.05, 3.63) is 60.7 Å². The van der Waals surface area contributed by atoms with E-state index in [9.17, 15) is 0 Å². The summed E-state index contributed by atoms with van der Waals surface area (Å²) in [6.45, 7) is 0.663. The van der Waals surface area contributed by atoms with E-state index in [1.165, 1.54) is 0 Å². The van der Waals surface area contributed by atoms with Crippen LogP contribution in [0.15, 0.2) is 55.1 Å². The number of nitrogens with zero attached hydrogens (tertiary/aromatic N) is 5. The van der Waals surface area contributed by atoms with Crippen LogP contribution in [0, 0.1) is 0 Å². The van der Waals surface area contributed by atoms with Gasteiger partial charge in [-0.15, -0.1) is 10.2 Å². The molecule has 0 radical (unpaired) electrons. The third-order valence-corrected chi connectivity index (χ3v) is 3.34. The van der Waals surface area contributed by atoms with Gasteiger partial charge in [0.2, 0.25) is 5.65 Å². The van der Waals surface area contributed by atoms with Crippen LogP contribution in [0.1, 0.15) is 5.56 Å². The number of hydrogen-bond acceptors (Lipinski definition) is 5. The topological polar surface area (TPSA) is 68.0 Å². The Morgan fingerprint density at radius 2 is 1.90 bits per heavy atom. The fourth-order valence-electron chi connectivity index (χ4n) is 2.31. The molecular formula is C15H12N6. The summed E-state index contributed by atoms with van der Waals surface area (Å²) < 4.78 is 1.94. The zero-order chi connectivity index (χ0) is 14.1. The molecule has 0 amide bonds. The van der Waals surface area contributed by atoms with Gasteiger partial charge >= 0.3 is 0 Å². The van der Waals surface area contributed by atoms with Crippen molar-refractivity contribution in [3.8, 4) is 0 Å². The van der Waals surface area contributed by atoms with Crippen molar-refractivity contribution in [1.82, 2.24) is 24.6 Å². The van der Waals surface area contributed by atoms with Gasteiger partial charge in [-0.05, 0) is 29.8 Å². The van der Waals surface area contributed by atoms with Crippen LogP contribution >= 0.6 is 0 Å². The van der Waals surface area contributed by atoms with Gasteiger partial charge in [-0.3, -0.25) is 9.38 Å². The lowest BCUT2D eigenvalue weighted by molar-refractivity contribution is 1.08. The van der Waals surface area contributed by atoms with E-state index in [1.54, 1.807) is 18.7 Å². The first-order valence-corrected chi connectivity index (χ1v) is 6.63. The molecule has 0 aliphatic rings. The molecule has 0 saturated carbocycles. The second-order valence-corrected chi connectivity index (χ2v) is 4.68. The molecule has 0 fully saturated rings. The van der Waals surface area contributed by atoms with Gasteiger partial charge < -0.3 is 5.32 Å². The Morgan fingerprint density at radius 1 is 1.05 bits per heavy atom. The first-order valence-electron chi connectivity index (χ1n) is 6.63. The molecule has 6 nitrogen and oxygen atoms in total. The van der Waals surface area contributed by atoms with Gasteiger partial charge in [-0.25, -0.2) is 4.98 Å². The molecule has 4 aromatic rings. The van der Waals surface area contributed by atoms with Gasteiger partial charge in [-0.2, -0.15) is 0 Å². The summed E-state index contributed by atoms with van der Waals surface area (Å²) >= 11 is 0. The molecule has 0 aliphatic carbocycles. The van der Waals surface area contributed by atoms with E-state index >= 15 is 0 Å². The predicted octanol–water partition coefficient (Wildman–Crippen LogP) is 2.28. The van der Waals surface area contributed by atoms with E-state index in [-0.39, 0.29) is 0 Å². The quantitative estimate of drug-likeness (QED) is 0.621. The van der Waals surface area contributed by atoms with Gasteiger partial charge in [0.25, 0.3) is 0 Å². The zero-order valence-electron chi connectivity index (χ0n) is 11.1. The van der Waals surface area contributed by atoms with Crippen LogP contribution in [-0.4, -0.2) is 24.6 Å². The molecule has 0 bridgehead atoms. The van der Waals surface area contributed by atoms with Gasteiger partial charge in [-0.1, -0.05) is 12.1 Å². The monoisotopic (exact) mass is 276 g/mol. The first kappa shape index (κ1) is 11.8. The van der Waals surface area contributed by atoms with Gasteiger partial charge in [0.05, 0.1) is 11.0 Å². The Hall–Kier alpha value is -3.02. The van der Waals surface area contributed by atoms with Gasteiger partial charge in [0, 0.05) is 18.9 Å². The molecule has 0 aliphatic heterocycles. The van der Waals surface area contributed by atoms with Crippen molar-refractivity contribution in [3.63, 3.8) is 0 Å². The lowest BCUT2D eigenvalue weighted by Crippen LogP contribution is -2.04. The van der Waals surface area contributed by atoms with Crippen molar-refractivity contribution < 1.29 is 0 Å². The molecule has 3 aromatic heterocycles. The van der Waals surface area contributed by atoms with Crippen LogP contribution in [0.4, 0.5) is 5.82 Å². The van der Waals surface area contributed by atoms with Crippen LogP contribution in [0.2, 0.25) is 0 Å². The second kappa shape index (κ2) is 4.82. The lowest BCUT2D eigenvalue weighted by Gasteiger charge is -2.08. The van der Waals surface area contributed by atoms with E-state index in [4.69, 9.17) is 0 Å². The third kappa shape index (κ3) is 2.06. The Bertz CT molecular complexity index is 900. The molecule has 0 spiro atoms. The summed E-state index contributed by atoms with van der Waals surface area (Å²) in [5.74, 6) is 0.725. The summed E-state index contributed by atoms with van der Waals surface area (Å²) in [6, 6.07) is 11.9. The molecule has 0 atom stereocenters. The number of nitrogens with one attached hydrogen (secondary N) is 1. The zero-order valence-corrected chi connectivity index (χ0v) is 11.1. The molecule has 4 rings (SSSR count). The maximum atomic E-state index is 4.64. The summed E-state index contributed by atoms with van der Waals surface area (Å²) in [5.41, 5.74) is 3.76. The summed E-state index contributed by atoms with van der Waals surface area (Å²) in [4.78, 5) is 8.65. The van der Waals surface area contributed by atoms with Crippen molar-refractivity contribution in [2.45, 2.75) is 6.54 Å². The highest BCUT2D eigenvalue weighted by atomic mass is 15.3. The Balaban J connectivity index is 1.78. The minimum atomic E-state index is 0.663. The van der Waals surface area contributed by atoms with Gasteiger partial charge in [0.15, 0.2) is 5.82 Å². The number of fused-ring (bicyclic) bond motifs is 3.